The van der Waals surface area contributed by atoms with E-state index in [-0.39, 0.29) is 30.6 Å². The monoisotopic (exact) mass is 544 g/mol. The van der Waals surface area contributed by atoms with E-state index in [9.17, 15) is 19.7 Å². The highest BCUT2D eigenvalue weighted by Crippen LogP contribution is 2.48. The number of hydrogen-bond donors (Lipinski definition) is 1. The van der Waals surface area contributed by atoms with Crippen LogP contribution in [0.3, 0.4) is 0 Å². The van der Waals surface area contributed by atoms with Crippen LogP contribution in [-0.4, -0.2) is 29.9 Å². The van der Waals surface area contributed by atoms with Crippen molar-refractivity contribution < 1.29 is 24.0 Å². The molecule has 39 heavy (non-hydrogen) atoms. The van der Waals surface area contributed by atoms with E-state index in [1.165, 1.54) is 6.07 Å². The first-order valence-corrected chi connectivity index (χ1v) is 13.6. The maximum absolute atomic E-state index is 13.7. The van der Waals surface area contributed by atoms with Crippen LogP contribution in [0.1, 0.15) is 40.7 Å². The van der Waals surface area contributed by atoms with Gasteiger partial charge in [-0.1, -0.05) is 43.0 Å². The van der Waals surface area contributed by atoms with Crippen LogP contribution in [0.4, 0.5) is 5.69 Å². The van der Waals surface area contributed by atoms with E-state index >= 15 is 0 Å². The molecule has 1 N–H and O–H groups in total. The van der Waals surface area contributed by atoms with Crippen molar-refractivity contribution in [3.8, 4) is 5.75 Å². The van der Waals surface area contributed by atoms with Crippen molar-refractivity contribution in [2.24, 2.45) is 5.92 Å². The molecule has 0 amide bonds. The normalized spacial score (nSPS) is 20.7. The van der Waals surface area contributed by atoms with Gasteiger partial charge in [-0.3, -0.25) is 19.7 Å². The van der Waals surface area contributed by atoms with Crippen LogP contribution in [0.2, 0.25) is 0 Å². The molecule has 5 rings (SSSR count). The number of rotatable bonds is 8. The molecule has 0 saturated carbocycles. The highest BCUT2D eigenvalue weighted by atomic mass is 32.1. The second-order valence-electron chi connectivity index (χ2n) is 9.67. The highest BCUT2D eigenvalue weighted by Gasteiger charge is 2.46. The number of carbonyl (C=O) groups excluding carboxylic acids is 2. The molecule has 1 aromatic heterocycles. The molecule has 200 valence electrons. The molecule has 0 fully saturated rings. The first-order valence-electron chi connectivity index (χ1n) is 12.7. The summed E-state index contributed by atoms with van der Waals surface area (Å²) in [5.74, 6) is -1.68. The fourth-order valence-electron chi connectivity index (χ4n) is 5.34. The summed E-state index contributed by atoms with van der Waals surface area (Å²) in [6, 6.07) is 18.0. The van der Waals surface area contributed by atoms with Crippen molar-refractivity contribution in [1.82, 2.24) is 5.32 Å². The number of aryl methyl sites for hydroxylation is 1. The number of benzene rings is 2. The number of nitro groups is 1. The van der Waals surface area contributed by atoms with Crippen molar-refractivity contribution >= 4 is 28.8 Å². The van der Waals surface area contributed by atoms with Gasteiger partial charge in [0, 0.05) is 51.7 Å². The molecule has 0 radical (unpaired) electrons. The topological polar surface area (TPSA) is 108 Å². The van der Waals surface area contributed by atoms with Crippen LogP contribution < -0.4 is 10.1 Å². The molecule has 3 unspecified atom stereocenters. The zero-order chi connectivity index (χ0) is 27.5. The van der Waals surface area contributed by atoms with Crippen LogP contribution in [0.5, 0.6) is 5.75 Å². The van der Waals surface area contributed by atoms with E-state index in [2.05, 4.69) is 11.9 Å². The summed E-state index contributed by atoms with van der Waals surface area (Å²) in [5.41, 5.74) is 2.51. The number of allylic oxidation sites excluding steroid dienone is 2. The Labute approximate surface area is 230 Å². The quantitative estimate of drug-likeness (QED) is 0.165. The van der Waals surface area contributed by atoms with E-state index in [1.54, 1.807) is 42.5 Å². The van der Waals surface area contributed by atoms with Gasteiger partial charge in [-0.05, 0) is 42.5 Å². The number of nitrogens with zero attached hydrogens (tertiary/aromatic N) is 1. The van der Waals surface area contributed by atoms with Gasteiger partial charge in [0.1, 0.15) is 24.9 Å². The number of ketones is 1. The zero-order valence-corrected chi connectivity index (χ0v) is 22.2. The minimum atomic E-state index is -0.940. The van der Waals surface area contributed by atoms with E-state index < -0.39 is 22.7 Å². The Hall–Kier alpha value is -4.24. The molecular formula is C30H28N2O6S. The average Bonchev–Trinajstić information content (AvgIpc) is 3.46. The van der Waals surface area contributed by atoms with Gasteiger partial charge in [0.2, 0.25) is 0 Å². The highest BCUT2D eigenvalue weighted by molar-refractivity contribution is 7.10. The smallest absolute Gasteiger partial charge is 0.316 e. The molecule has 3 atom stereocenters. The predicted octanol–water partition coefficient (Wildman–Crippen LogP) is 5.80. The number of esters is 1. The molecule has 8 nitrogen and oxygen atoms in total. The molecule has 2 heterocycles. The Morgan fingerprint density at radius 3 is 2.64 bits per heavy atom. The Bertz CT molecular complexity index is 1450. The summed E-state index contributed by atoms with van der Waals surface area (Å²) in [7, 11) is 0. The number of hydrogen-bond acceptors (Lipinski definition) is 8. The minimum Gasteiger partial charge on any atom is -0.490 e. The van der Waals surface area contributed by atoms with E-state index in [4.69, 9.17) is 9.47 Å². The third-order valence-electron chi connectivity index (χ3n) is 7.17. The van der Waals surface area contributed by atoms with Crippen molar-refractivity contribution in [1.29, 1.82) is 0 Å². The first-order chi connectivity index (χ1) is 18.8. The lowest BCUT2D eigenvalue weighted by Crippen LogP contribution is -2.42. The summed E-state index contributed by atoms with van der Waals surface area (Å²) in [4.78, 5) is 39.6. The van der Waals surface area contributed by atoms with Crippen molar-refractivity contribution in [2.75, 3.05) is 13.2 Å². The standard InChI is InChI=1S/C30H28N2O6S/c1-18-10-11-20(16-24(18)32(35)36)28-27(30(34)38-13-12-37-22-7-4-3-5-8-22)19(2)31-23-15-21(17-25(33)29(23)28)26-9-6-14-39-26/h3-11,14,16,21,27-28,31H,2,12-13,15,17H2,1H3. The SMILES string of the molecule is C=C1NC2=C(C(=O)CC(c3cccs3)C2)C(c2ccc(C)c([N+](=O)[O-])c2)C1C(=O)OCCOc1ccccc1. The lowest BCUT2D eigenvalue weighted by molar-refractivity contribution is -0.385. The number of nitrogens with one attached hydrogen (secondary N) is 1. The zero-order valence-electron chi connectivity index (χ0n) is 21.4. The summed E-state index contributed by atoms with van der Waals surface area (Å²) in [6.07, 6.45) is 0.877. The van der Waals surface area contributed by atoms with Crippen LogP contribution in [0.25, 0.3) is 0 Å². The largest absolute Gasteiger partial charge is 0.490 e. The van der Waals surface area contributed by atoms with Crippen LogP contribution in [-0.2, 0) is 14.3 Å². The minimum absolute atomic E-state index is 0.00141. The number of para-hydroxylation sites is 1. The number of ether oxygens (including phenoxy) is 2. The van der Waals surface area contributed by atoms with Gasteiger partial charge in [0.15, 0.2) is 5.78 Å². The second-order valence-corrected chi connectivity index (χ2v) is 10.7. The number of carbonyl (C=O) groups is 2. The Kier molecular flexibility index (Phi) is 7.60. The number of thiophene rings is 1. The summed E-state index contributed by atoms with van der Waals surface area (Å²) < 4.78 is 11.2. The molecule has 0 saturated heterocycles. The van der Waals surface area contributed by atoms with Crippen LogP contribution >= 0.6 is 11.3 Å². The van der Waals surface area contributed by atoms with Gasteiger partial charge < -0.3 is 14.8 Å². The van der Waals surface area contributed by atoms with Gasteiger partial charge >= 0.3 is 5.97 Å². The van der Waals surface area contributed by atoms with Crippen molar-refractivity contribution in [3.63, 3.8) is 0 Å². The van der Waals surface area contributed by atoms with E-state index in [0.29, 0.717) is 46.7 Å². The molecule has 1 aliphatic carbocycles. The predicted molar refractivity (Wildman–Crippen MR) is 148 cm³/mol. The summed E-state index contributed by atoms with van der Waals surface area (Å²) >= 11 is 1.60. The van der Waals surface area contributed by atoms with E-state index in [0.717, 1.165) is 4.88 Å². The molecule has 2 aromatic carbocycles. The molecule has 9 heteroatoms. The summed E-state index contributed by atoms with van der Waals surface area (Å²) in [6.45, 7) is 5.93. The fourth-order valence-corrected chi connectivity index (χ4v) is 6.17. The molecule has 3 aromatic rings. The molecule has 0 spiro atoms. The molecule has 1 aliphatic heterocycles. The maximum Gasteiger partial charge on any atom is 0.316 e. The van der Waals surface area contributed by atoms with Crippen molar-refractivity contribution in [2.45, 2.75) is 31.6 Å². The average molecular weight is 545 g/mol. The summed E-state index contributed by atoms with van der Waals surface area (Å²) in [5, 5.41) is 17.0. The Morgan fingerprint density at radius 2 is 1.92 bits per heavy atom. The first kappa shape index (κ1) is 26.4. The van der Waals surface area contributed by atoms with E-state index in [1.807, 2.05) is 35.7 Å². The molecule has 2 aliphatic rings. The fraction of sp³-hybridized carbons (Fsp3) is 0.267. The number of nitro benzene ring substituents is 1. The third kappa shape index (κ3) is 5.49. The molecular weight excluding hydrogens is 516 g/mol. The van der Waals surface area contributed by atoms with Gasteiger partial charge in [-0.15, -0.1) is 11.3 Å². The second kappa shape index (κ2) is 11.2. The Balaban J connectivity index is 1.46. The van der Waals surface area contributed by atoms with Gasteiger partial charge in [0.05, 0.1) is 4.92 Å². The lowest BCUT2D eigenvalue weighted by atomic mass is 9.69. The van der Waals surface area contributed by atoms with Gasteiger partial charge in [0.25, 0.3) is 5.69 Å². The lowest BCUT2D eigenvalue weighted by Gasteiger charge is -2.39. The van der Waals surface area contributed by atoms with Crippen LogP contribution in [0, 0.1) is 23.0 Å². The molecule has 0 bridgehead atoms. The van der Waals surface area contributed by atoms with Crippen LogP contribution in [0.15, 0.2) is 89.6 Å². The maximum atomic E-state index is 13.7. The van der Waals surface area contributed by atoms with Gasteiger partial charge in [-0.25, -0.2) is 0 Å². The van der Waals surface area contributed by atoms with Crippen molar-refractivity contribution in [3.05, 3.63) is 116 Å². The number of Topliss-reactive ketones (excluding diaryl/α,β-unsaturated/α-hetero) is 1. The Morgan fingerprint density at radius 1 is 1.13 bits per heavy atom. The third-order valence-corrected chi connectivity index (χ3v) is 8.20. The van der Waals surface area contributed by atoms with Gasteiger partial charge in [-0.2, -0.15) is 0 Å².